The van der Waals surface area contributed by atoms with E-state index >= 15 is 0 Å². The van der Waals surface area contributed by atoms with Crippen LogP contribution < -0.4 is 0 Å². The molecule has 0 amide bonds. The van der Waals surface area contributed by atoms with Crippen molar-refractivity contribution in [2.75, 3.05) is 0 Å². The minimum atomic E-state index is -0.117. The molecular formula is C31H50O2. The van der Waals surface area contributed by atoms with Crippen molar-refractivity contribution < 1.29 is 9.52 Å². The predicted octanol–water partition coefficient (Wildman–Crippen LogP) is 8.46. The Kier molecular flexibility index (Phi) is 6.56. The number of aliphatic hydroxyl groups excluding tert-OH is 1. The van der Waals surface area contributed by atoms with E-state index in [9.17, 15) is 5.11 Å². The minimum absolute atomic E-state index is 0.117. The van der Waals surface area contributed by atoms with Crippen molar-refractivity contribution >= 4 is 0 Å². The van der Waals surface area contributed by atoms with Crippen molar-refractivity contribution in [3.8, 4) is 0 Å². The summed E-state index contributed by atoms with van der Waals surface area (Å²) in [7, 11) is 0. The van der Waals surface area contributed by atoms with Crippen molar-refractivity contribution in [3.05, 3.63) is 24.2 Å². The van der Waals surface area contributed by atoms with Gasteiger partial charge in [-0.3, -0.25) is 0 Å². The highest BCUT2D eigenvalue weighted by atomic mass is 16.3. The normalized spacial score (nSPS) is 46.0. The van der Waals surface area contributed by atoms with Crippen molar-refractivity contribution in [2.24, 2.45) is 52.3 Å². The molecule has 4 saturated carbocycles. The molecule has 0 spiro atoms. The van der Waals surface area contributed by atoms with E-state index < -0.39 is 0 Å². The fourth-order valence-corrected chi connectivity index (χ4v) is 10.2. The fraction of sp³-hybridized carbons (Fsp3) is 0.871. The average molecular weight is 455 g/mol. The van der Waals surface area contributed by atoms with Crippen molar-refractivity contribution in [1.29, 1.82) is 0 Å². The summed E-state index contributed by atoms with van der Waals surface area (Å²) < 4.78 is 6.06. The Hall–Kier alpha value is -0.760. The minimum Gasteiger partial charge on any atom is -0.469 e. The molecule has 2 heteroatoms. The molecule has 1 heterocycles. The summed E-state index contributed by atoms with van der Waals surface area (Å²) in [6.45, 7) is 12.6. The first-order chi connectivity index (χ1) is 15.7. The molecule has 0 aromatic carbocycles. The van der Waals surface area contributed by atoms with Gasteiger partial charge in [0, 0.05) is 5.92 Å². The van der Waals surface area contributed by atoms with E-state index in [0.29, 0.717) is 22.7 Å². The van der Waals surface area contributed by atoms with Crippen LogP contribution in [0.2, 0.25) is 0 Å². The highest BCUT2D eigenvalue weighted by molar-refractivity contribution is 5.18. The van der Waals surface area contributed by atoms with Gasteiger partial charge in [0.25, 0.3) is 0 Å². The Morgan fingerprint density at radius 1 is 0.939 bits per heavy atom. The van der Waals surface area contributed by atoms with Crippen LogP contribution in [0.5, 0.6) is 0 Å². The van der Waals surface area contributed by atoms with Gasteiger partial charge < -0.3 is 9.52 Å². The fourth-order valence-electron chi connectivity index (χ4n) is 10.2. The topological polar surface area (TPSA) is 33.4 Å². The smallest absolute Gasteiger partial charge is 0.107 e. The van der Waals surface area contributed by atoms with Gasteiger partial charge in [-0.25, -0.2) is 0 Å². The summed E-state index contributed by atoms with van der Waals surface area (Å²) in [4.78, 5) is 0. The first kappa shape index (κ1) is 24.0. The number of fused-ring (bicyclic) bond motifs is 5. The lowest BCUT2D eigenvalue weighted by atomic mass is 9.42. The lowest BCUT2D eigenvalue weighted by Gasteiger charge is -2.63. The van der Waals surface area contributed by atoms with Crippen LogP contribution in [-0.2, 0) is 0 Å². The van der Waals surface area contributed by atoms with Crippen LogP contribution in [0.25, 0.3) is 0 Å². The molecule has 2 nitrogen and oxygen atoms in total. The van der Waals surface area contributed by atoms with Crippen LogP contribution in [0.1, 0.15) is 117 Å². The van der Waals surface area contributed by atoms with Crippen molar-refractivity contribution in [1.82, 2.24) is 0 Å². The molecule has 0 aliphatic heterocycles. The lowest BCUT2D eigenvalue weighted by Crippen LogP contribution is -2.56. The maximum absolute atomic E-state index is 10.6. The number of aliphatic hydroxyl groups is 1. The molecule has 5 rings (SSSR count). The number of hydrogen-bond acceptors (Lipinski definition) is 2. The third-order valence-corrected chi connectivity index (χ3v) is 11.8. The van der Waals surface area contributed by atoms with Gasteiger partial charge in [0.2, 0.25) is 0 Å². The summed E-state index contributed by atoms with van der Waals surface area (Å²) >= 11 is 0. The van der Waals surface area contributed by atoms with Gasteiger partial charge >= 0.3 is 0 Å². The Labute approximate surface area is 203 Å². The third-order valence-electron chi connectivity index (χ3n) is 11.8. The van der Waals surface area contributed by atoms with E-state index in [2.05, 4.69) is 46.8 Å². The molecule has 33 heavy (non-hydrogen) atoms. The maximum atomic E-state index is 10.6. The van der Waals surface area contributed by atoms with Crippen molar-refractivity contribution in [2.45, 2.75) is 117 Å². The summed E-state index contributed by atoms with van der Waals surface area (Å²) in [5.74, 6) is 7.44. The molecule has 4 aliphatic rings. The highest BCUT2D eigenvalue weighted by Gasteiger charge is 2.62. The Morgan fingerprint density at radius 2 is 1.70 bits per heavy atom. The van der Waals surface area contributed by atoms with Gasteiger partial charge in [0.05, 0.1) is 12.4 Å². The third kappa shape index (κ3) is 4.05. The molecule has 186 valence electrons. The first-order valence-electron chi connectivity index (χ1n) is 14.5. The molecule has 0 saturated heterocycles. The molecule has 0 bridgehead atoms. The Morgan fingerprint density at radius 3 is 2.42 bits per heavy atom. The van der Waals surface area contributed by atoms with Gasteiger partial charge in [-0.05, 0) is 116 Å². The van der Waals surface area contributed by atoms with E-state index in [4.69, 9.17) is 4.42 Å². The summed E-state index contributed by atoms with van der Waals surface area (Å²) in [5.41, 5.74) is 0.894. The average Bonchev–Trinajstić information content (AvgIpc) is 3.41. The largest absolute Gasteiger partial charge is 0.469 e. The summed E-state index contributed by atoms with van der Waals surface area (Å²) in [5, 5.41) is 10.6. The molecule has 4 aliphatic carbocycles. The van der Waals surface area contributed by atoms with Crippen LogP contribution in [-0.4, -0.2) is 11.2 Å². The second kappa shape index (κ2) is 9.03. The molecule has 1 N–H and O–H groups in total. The van der Waals surface area contributed by atoms with Crippen LogP contribution in [0.3, 0.4) is 0 Å². The monoisotopic (exact) mass is 454 g/mol. The van der Waals surface area contributed by atoms with E-state index in [0.717, 1.165) is 48.3 Å². The second-order valence-corrected chi connectivity index (χ2v) is 13.8. The van der Waals surface area contributed by atoms with Crippen LogP contribution in [0.4, 0.5) is 0 Å². The molecule has 0 radical (unpaired) electrons. The summed E-state index contributed by atoms with van der Waals surface area (Å²) in [6.07, 6.45) is 16.2. The predicted molar refractivity (Wildman–Crippen MR) is 136 cm³/mol. The number of hydrogen-bond donors (Lipinski definition) is 1. The maximum Gasteiger partial charge on any atom is 0.107 e. The molecule has 1 aromatic rings. The molecule has 10 atom stereocenters. The zero-order valence-electron chi connectivity index (χ0n) is 22.1. The van der Waals surface area contributed by atoms with Crippen molar-refractivity contribution in [3.63, 3.8) is 0 Å². The Balaban J connectivity index is 1.40. The second-order valence-electron chi connectivity index (χ2n) is 13.8. The standard InChI is InChI=1S/C31H50O2/c1-20(2)8-6-9-21(3)25-11-12-26-23-19-24(29-10-7-17-33-29)28-18-22(32)13-15-31(28,5)27(23)14-16-30(25,26)4/h7,10,17,20-28,32H,6,8-9,11-16,18-19H2,1-5H3/t21-,22+,23+,24+,25-,26+,27+,28-,30-,31-/m1/s1. The Bertz CT molecular complexity index is 783. The van der Waals surface area contributed by atoms with E-state index in [1.54, 1.807) is 0 Å². The van der Waals surface area contributed by atoms with Crippen LogP contribution in [0.15, 0.2) is 22.8 Å². The zero-order valence-corrected chi connectivity index (χ0v) is 22.1. The van der Waals surface area contributed by atoms with Gasteiger partial charge in [-0.15, -0.1) is 0 Å². The van der Waals surface area contributed by atoms with Gasteiger partial charge in [-0.2, -0.15) is 0 Å². The molecule has 1 aromatic heterocycles. The van der Waals surface area contributed by atoms with Gasteiger partial charge in [0.1, 0.15) is 5.76 Å². The first-order valence-corrected chi connectivity index (χ1v) is 14.5. The van der Waals surface area contributed by atoms with Crippen LogP contribution >= 0.6 is 0 Å². The van der Waals surface area contributed by atoms with E-state index in [1.165, 1.54) is 63.5 Å². The van der Waals surface area contributed by atoms with E-state index in [-0.39, 0.29) is 6.10 Å². The number of rotatable bonds is 6. The van der Waals surface area contributed by atoms with E-state index in [1.807, 2.05) is 6.26 Å². The molecule has 0 unspecified atom stereocenters. The lowest BCUT2D eigenvalue weighted by molar-refractivity contribution is -0.140. The van der Waals surface area contributed by atoms with Crippen LogP contribution in [0, 0.1) is 52.3 Å². The summed E-state index contributed by atoms with van der Waals surface area (Å²) in [6, 6.07) is 4.30. The highest BCUT2D eigenvalue weighted by Crippen LogP contribution is 2.70. The SMILES string of the molecule is CC(C)CCC[C@@H](C)[C@H]1CC[C@H]2[C@@H]3C[C@H](c4ccco4)[C@H]4C[C@@H](O)CC[C@]4(C)[C@H]3CC[C@]12C. The molecule has 4 fully saturated rings. The number of furan rings is 1. The van der Waals surface area contributed by atoms with Gasteiger partial charge in [0.15, 0.2) is 0 Å². The quantitative estimate of drug-likeness (QED) is 0.467. The van der Waals surface area contributed by atoms with Gasteiger partial charge in [-0.1, -0.05) is 53.9 Å². The zero-order chi connectivity index (χ0) is 23.4. The molecular weight excluding hydrogens is 404 g/mol.